The van der Waals surface area contributed by atoms with Crippen molar-refractivity contribution in [2.24, 2.45) is 0 Å². The Labute approximate surface area is 158 Å². The van der Waals surface area contributed by atoms with E-state index in [9.17, 15) is 9.59 Å². The van der Waals surface area contributed by atoms with E-state index in [0.29, 0.717) is 63.6 Å². The monoisotopic (exact) mass is 378 g/mol. The number of hydrogen-bond donors (Lipinski definition) is 0. The van der Waals surface area contributed by atoms with E-state index in [1.54, 1.807) is 11.0 Å². The van der Waals surface area contributed by atoms with Gasteiger partial charge in [-0.15, -0.1) is 0 Å². The Morgan fingerprint density at radius 1 is 1.19 bits per heavy atom. The maximum Gasteiger partial charge on any atom is 0.245 e. The molecule has 1 aromatic rings. The van der Waals surface area contributed by atoms with Gasteiger partial charge in [-0.05, 0) is 18.1 Å². The predicted molar refractivity (Wildman–Crippen MR) is 95.5 cm³/mol. The average Bonchev–Trinajstić information content (AvgIpc) is 3.25. The summed E-state index contributed by atoms with van der Waals surface area (Å²) in [4.78, 5) is 28.9. The molecule has 0 unspecified atom stereocenters. The lowest BCUT2D eigenvalue weighted by Gasteiger charge is -2.39. The maximum absolute atomic E-state index is 13.1. The summed E-state index contributed by atoms with van der Waals surface area (Å²) >= 11 is 6.23. The van der Waals surface area contributed by atoms with Crippen molar-refractivity contribution in [3.63, 3.8) is 0 Å². The Morgan fingerprint density at radius 3 is 2.58 bits per heavy atom. The number of rotatable bonds is 3. The molecule has 0 aromatic heterocycles. The number of piperidine rings is 1. The zero-order valence-electron chi connectivity index (χ0n) is 14.7. The lowest BCUT2D eigenvalue weighted by Crippen LogP contribution is -2.52. The Hall–Kier alpha value is -1.63. The van der Waals surface area contributed by atoms with Gasteiger partial charge in [-0.2, -0.15) is 0 Å². The summed E-state index contributed by atoms with van der Waals surface area (Å²) < 4.78 is 11.5. The van der Waals surface area contributed by atoms with Crippen LogP contribution < -0.4 is 0 Å². The normalized spacial score (nSPS) is 25.3. The van der Waals surface area contributed by atoms with Crippen molar-refractivity contribution in [1.29, 1.82) is 0 Å². The molecule has 0 N–H and O–H groups in total. The van der Waals surface area contributed by atoms with Gasteiger partial charge in [0.1, 0.15) is 6.04 Å². The quantitative estimate of drug-likeness (QED) is 0.809. The van der Waals surface area contributed by atoms with Crippen LogP contribution in [0.4, 0.5) is 0 Å². The summed E-state index contributed by atoms with van der Waals surface area (Å²) in [5.74, 6) is -0.463. The highest BCUT2D eigenvalue weighted by atomic mass is 35.5. The van der Waals surface area contributed by atoms with Crippen molar-refractivity contribution in [1.82, 2.24) is 9.80 Å². The first-order chi connectivity index (χ1) is 12.6. The van der Waals surface area contributed by atoms with Crippen LogP contribution in [0.25, 0.3) is 0 Å². The third kappa shape index (κ3) is 3.33. The van der Waals surface area contributed by atoms with Crippen LogP contribution in [0.2, 0.25) is 5.02 Å². The van der Waals surface area contributed by atoms with Crippen LogP contribution in [-0.4, -0.2) is 59.7 Å². The van der Waals surface area contributed by atoms with Crippen LogP contribution in [0.15, 0.2) is 24.3 Å². The van der Waals surface area contributed by atoms with E-state index in [4.69, 9.17) is 21.1 Å². The fraction of sp³-hybridized carbons (Fsp3) is 0.579. The van der Waals surface area contributed by atoms with Crippen molar-refractivity contribution in [2.45, 2.75) is 44.1 Å². The molecule has 3 aliphatic heterocycles. The van der Waals surface area contributed by atoms with Crippen LogP contribution in [-0.2, 0) is 25.6 Å². The second-order valence-electron chi connectivity index (χ2n) is 7.10. The summed E-state index contributed by atoms with van der Waals surface area (Å²) in [6, 6.07) is 7.05. The van der Waals surface area contributed by atoms with Gasteiger partial charge in [0.15, 0.2) is 5.79 Å². The van der Waals surface area contributed by atoms with E-state index in [-0.39, 0.29) is 11.8 Å². The van der Waals surface area contributed by atoms with Gasteiger partial charge >= 0.3 is 0 Å². The molecule has 0 radical (unpaired) electrons. The van der Waals surface area contributed by atoms with Gasteiger partial charge in [0, 0.05) is 43.9 Å². The van der Waals surface area contributed by atoms with Crippen LogP contribution in [0, 0.1) is 0 Å². The highest BCUT2D eigenvalue weighted by molar-refractivity contribution is 6.31. The zero-order valence-corrected chi connectivity index (χ0v) is 15.4. The third-order valence-electron chi connectivity index (χ3n) is 5.56. The molecule has 0 saturated carbocycles. The number of nitrogens with zero attached hydrogens (tertiary/aromatic N) is 2. The number of amides is 2. The molecule has 2 amide bonds. The Kier molecular flexibility index (Phi) is 4.90. The van der Waals surface area contributed by atoms with Gasteiger partial charge in [0.05, 0.1) is 13.2 Å². The fourth-order valence-electron chi connectivity index (χ4n) is 4.06. The van der Waals surface area contributed by atoms with Gasteiger partial charge < -0.3 is 19.3 Å². The number of carbonyl (C=O) groups is 2. The van der Waals surface area contributed by atoms with Crippen LogP contribution in [0.3, 0.4) is 0 Å². The van der Waals surface area contributed by atoms with Crippen molar-refractivity contribution in [3.8, 4) is 0 Å². The van der Waals surface area contributed by atoms with E-state index in [1.165, 1.54) is 0 Å². The molecule has 3 fully saturated rings. The molecule has 0 bridgehead atoms. The maximum atomic E-state index is 13.1. The number of carbonyl (C=O) groups excluding carboxylic acids is 2. The minimum atomic E-state index is -0.500. The highest BCUT2D eigenvalue weighted by Crippen LogP contribution is 2.33. The number of likely N-dealkylation sites (tertiary alicyclic amines) is 2. The van der Waals surface area contributed by atoms with Crippen molar-refractivity contribution in [2.75, 3.05) is 26.3 Å². The fourth-order valence-corrected chi connectivity index (χ4v) is 4.26. The SMILES string of the molecule is O=C([C@@H]1CCC(=O)N1Cc1ccccc1Cl)N1CCC2(CC1)OCCO2. The van der Waals surface area contributed by atoms with Crippen molar-refractivity contribution < 1.29 is 19.1 Å². The summed E-state index contributed by atoms with van der Waals surface area (Å²) in [5.41, 5.74) is 0.868. The first-order valence-electron chi connectivity index (χ1n) is 9.18. The van der Waals surface area contributed by atoms with E-state index in [0.717, 1.165) is 5.56 Å². The molecule has 140 valence electrons. The standard InChI is InChI=1S/C19H23ClN2O4/c20-15-4-2-1-3-14(15)13-22-16(5-6-17(22)23)18(24)21-9-7-19(8-10-21)25-11-12-26-19/h1-4,16H,5-13H2/t16-/m0/s1. The highest BCUT2D eigenvalue weighted by Gasteiger charge is 2.44. The number of ether oxygens (including phenoxy) is 2. The molecule has 3 saturated heterocycles. The summed E-state index contributed by atoms with van der Waals surface area (Å²) in [5, 5.41) is 0.619. The van der Waals surface area contributed by atoms with Crippen LogP contribution >= 0.6 is 11.6 Å². The van der Waals surface area contributed by atoms with Gasteiger partial charge in [0.25, 0.3) is 0 Å². The molecule has 4 rings (SSSR count). The molecule has 1 aromatic carbocycles. The van der Waals surface area contributed by atoms with E-state index in [1.807, 2.05) is 23.1 Å². The second kappa shape index (κ2) is 7.18. The van der Waals surface area contributed by atoms with Gasteiger partial charge in [-0.25, -0.2) is 0 Å². The van der Waals surface area contributed by atoms with E-state index in [2.05, 4.69) is 0 Å². The largest absolute Gasteiger partial charge is 0.347 e. The molecule has 1 spiro atoms. The first-order valence-corrected chi connectivity index (χ1v) is 9.55. The molecular formula is C19H23ClN2O4. The Morgan fingerprint density at radius 2 is 1.88 bits per heavy atom. The molecule has 26 heavy (non-hydrogen) atoms. The second-order valence-corrected chi connectivity index (χ2v) is 7.51. The molecular weight excluding hydrogens is 356 g/mol. The molecule has 1 atom stereocenters. The van der Waals surface area contributed by atoms with E-state index < -0.39 is 11.8 Å². The van der Waals surface area contributed by atoms with Gasteiger partial charge in [0.2, 0.25) is 11.8 Å². The van der Waals surface area contributed by atoms with Crippen molar-refractivity contribution >= 4 is 23.4 Å². The minimum absolute atomic E-state index is 0.0132. The summed E-state index contributed by atoms with van der Waals surface area (Å²) in [6.07, 6.45) is 2.34. The van der Waals surface area contributed by atoms with E-state index >= 15 is 0 Å². The van der Waals surface area contributed by atoms with Crippen LogP contribution in [0.1, 0.15) is 31.2 Å². The zero-order chi connectivity index (χ0) is 18.1. The Bertz CT molecular complexity index is 695. The summed E-state index contributed by atoms with van der Waals surface area (Å²) in [7, 11) is 0. The molecule has 6 nitrogen and oxygen atoms in total. The Balaban J connectivity index is 1.43. The topological polar surface area (TPSA) is 59.1 Å². The van der Waals surface area contributed by atoms with Gasteiger partial charge in [-0.1, -0.05) is 29.8 Å². The lowest BCUT2D eigenvalue weighted by atomic mass is 10.0. The number of benzene rings is 1. The molecule has 7 heteroatoms. The van der Waals surface area contributed by atoms with Crippen molar-refractivity contribution in [3.05, 3.63) is 34.9 Å². The predicted octanol–water partition coefficient (Wildman–Crippen LogP) is 2.20. The number of hydrogen-bond acceptors (Lipinski definition) is 4. The van der Waals surface area contributed by atoms with Gasteiger partial charge in [-0.3, -0.25) is 9.59 Å². The molecule has 3 heterocycles. The molecule has 0 aliphatic carbocycles. The smallest absolute Gasteiger partial charge is 0.245 e. The molecule has 3 aliphatic rings. The average molecular weight is 379 g/mol. The minimum Gasteiger partial charge on any atom is -0.347 e. The number of halogens is 1. The summed E-state index contributed by atoms with van der Waals surface area (Å²) in [6.45, 7) is 2.82. The first kappa shape index (κ1) is 17.8. The third-order valence-corrected chi connectivity index (χ3v) is 5.93. The lowest BCUT2D eigenvalue weighted by molar-refractivity contribution is -0.188. The van der Waals surface area contributed by atoms with Crippen LogP contribution in [0.5, 0.6) is 0 Å².